The van der Waals surface area contributed by atoms with Crippen molar-refractivity contribution in [2.75, 3.05) is 33.8 Å². The lowest BCUT2D eigenvalue weighted by atomic mass is 10.0. The van der Waals surface area contributed by atoms with E-state index < -0.39 is 0 Å². The molecule has 1 unspecified atom stereocenters. The minimum Gasteiger partial charge on any atom is -0.496 e. The summed E-state index contributed by atoms with van der Waals surface area (Å²) in [5.41, 5.74) is 2.61. The molecule has 0 amide bonds. The van der Waals surface area contributed by atoms with E-state index in [9.17, 15) is 0 Å². The molecule has 1 N–H and O–H groups in total. The highest BCUT2D eigenvalue weighted by molar-refractivity contribution is 5.37. The van der Waals surface area contributed by atoms with Crippen molar-refractivity contribution in [1.29, 1.82) is 0 Å². The summed E-state index contributed by atoms with van der Waals surface area (Å²) in [7, 11) is 3.95. The van der Waals surface area contributed by atoms with E-state index in [1.165, 1.54) is 11.1 Å². The lowest BCUT2D eigenvalue weighted by molar-refractivity contribution is 0.198. The van der Waals surface area contributed by atoms with Gasteiger partial charge in [0.05, 0.1) is 7.11 Å². The third-order valence-electron chi connectivity index (χ3n) is 3.54. The lowest BCUT2D eigenvalue weighted by Crippen LogP contribution is -2.50. The number of nitrogens with zero attached hydrogens (tertiary/aromatic N) is 1. The molecule has 0 aromatic heterocycles. The van der Waals surface area contributed by atoms with Crippen LogP contribution in [0, 0.1) is 6.92 Å². The van der Waals surface area contributed by atoms with Crippen LogP contribution in [-0.2, 0) is 6.42 Å². The minimum absolute atomic E-state index is 0.569. The second-order valence-electron chi connectivity index (χ2n) is 4.86. The molecule has 1 heterocycles. The summed E-state index contributed by atoms with van der Waals surface area (Å²) in [6.07, 6.45) is 1.05. The third kappa shape index (κ3) is 2.99. The van der Waals surface area contributed by atoms with Crippen LogP contribution >= 0.6 is 0 Å². The first-order valence-electron chi connectivity index (χ1n) is 6.25. The second kappa shape index (κ2) is 5.52. The Hall–Kier alpha value is -1.06. The van der Waals surface area contributed by atoms with E-state index in [4.69, 9.17) is 4.74 Å². The van der Waals surface area contributed by atoms with Gasteiger partial charge in [-0.2, -0.15) is 0 Å². The van der Waals surface area contributed by atoms with Gasteiger partial charge in [0, 0.05) is 25.7 Å². The summed E-state index contributed by atoms with van der Waals surface area (Å²) >= 11 is 0. The van der Waals surface area contributed by atoms with Gasteiger partial charge in [-0.3, -0.25) is 0 Å². The van der Waals surface area contributed by atoms with E-state index >= 15 is 0 Å². The number of methoxy groups -OCH3 is 1. The molecule has 1 aliphatic rings. The van der Waals surface area contributed by atoms with Gasteiger partial charge >= 0.3 is 0 Å². The Morgan fingerprint density at radius 3 is 3.00 bits per heavy atom. The highest BCUT2D eigenvalue weighted by atomic mass is 16.5. The van der Waals surface area contributed by atoms with Gasteiger partial charge in [-0.15, -0.1) is 0 Å². The zero-order valence-electron chi connectivity index (χ0n) is 11.0. The van der Waals surface area contributed by atoms with Gasteiger partial charge in [0.1, 0.15) is 5.75 Å². The fraction of sp³-hybridized carbons (Fsp3) is 0.571. The van der Waals surface area contributed by atoms with Crippen LogP contribution in [0.1, 0.15) is 11.1 Å². The minimum atomic E-state index is 0.569. The standard InChI is InChI=1S/C14H22N2O/c1-11-4-5-14(17-3)12(8-11)9-13-10-15-6-7-16(13)2/h4-5,8,13,15H,6-7,9-10H2,1-3H3. The quantitative estimate of drug-likeness (QED) is 0.856. The average molecular weight is 234 g/mol. The molecule has 3 heteroatoms. The summed E-state index contributed by atoms with van der Waals surface area (Å²) in [5, 5.41) is 3.46. The van der Waals surface area contributed by atoms with Crippen molar-refractivity contribution < 1.29 is 4.74 Å². The molecule has 1 fully saturated rings. The summed E-state index contributed by atoms with van der Waals surface area (Å²) in [4.78, 5) is 2.43. The van der Waals surface area contributed by atoms with E-state index in [0.717, 1.165) is 31.8 Å². The van der Waals surface area contributed by atoms with Crippen LogP contribution in [-0.4, -0.2) is 44.7 Å². The SMILES string of the molecule is COc1ccc(C)cc1CC1CNCCN1C. The summed E-state index contributed by atoms with van der Waals surface area (Å²) in [6, 6.07) is 6.98. The summed E-state index contributed by atoms with van der Waals surface area (Å²) in [5.74, 6) is 1.01. The molecular weight excluding hydrogens is 212 g/mol. The molecule has 1 aliphatic heterocycles. The third-order valence-corrected chi connectivity index (χ3v) is 3.54. The smallest absolute Gasteiger partial charge is 0.122 e. The van der Waals surface area contributed by atoms with E-state index in [1.54, 1.807) is 7.11 Å². The number of rotatable bonds is 3. The van der Waals surface area contributed by atoms with Crippen molar-refractivity contribution >= 4 is 0 Å². The molecule has 3 nitrogen and oxygen atoms in total. The molecule has 1 atom stereocenters. The summed E-state index contributed by atoms with van der Waals surface area (Å²) < 4.78 is 5.44. The van der Waals surface area contributed by atoms with Crippen molar-refractivity contribution in [1.82, 2.24) is 10.2 Å². The number of piperazine rings is 1. The molecule has 2 rings (SSSR count). The van der Waals surface area contributed by atoms with Crippen LogP contribution in [0.25, 0.3) is 0 Å². The van der Waals surface area contributed by atoms with Crippen molar-refractivity contribution in [3.05, 3.63) is 29.3 Å². The van der Waals surface area contributed by atoms with E-state index in [-0.39, 0.29) is 0 Å². The first kappa shape index (κ1) is 12.4. The fourth-order valence-corrected chi connectivity index (χ4v) is 2.41. The molecular formula is C14H22N2O. The van der Waals surface area contributed by atoms with E-state index in [0.29, 0.717) is 6.04 Å². The fourth-order valence-electron chi connectivity index (χ4n) is 2.41. The van der Waals surface area contributed by atoms with Gasteiger partial charge < -0.3 is 15.0 Å². The molecule has 1 aromatic carbocycles. The Balaban J connectivity index is 2.13. The zero-order chi connectivity index (χ0) is 12.3. The van der Waals surface area contributed by atoms with Gasteiger partial charge in [0.2, 0.25) is 0 Å². The van der Waals surface area contributed by atoms with Gasteiger partial charge in [-0.1, -0.05) is 17.7 Å². The number of benzene rings is 1. The maximum atomic E-state index is 5.44. The Morgan fingerprint density at radius 1 is 1.47 bits per heavy atom. The predicted molar refractivity (Wildman–Crippen MR) is 70.7 cm³/mol. The number of aryl methyl sites for hydroxylation is 1. The van der Waals surface area contributed by atoms with Crippen LogP contribution in [0.2, 0.25) is 0 Å². The molecule has 1 saturated heterocycles. The Kier molecular flexibility index (Phi) is 4.02. The molecule has 0 aliphatic carbocycles. The van der Waals surface area contributed by atoms with Crippen LogP contribution in [0.15, 0.2) is 18.2 Å². The number of hydrogen-bond acceptors (Lipinski definition) is 3. The zero-order valence-corrected chi connectivity index (χ0v) is 11.0. The maximum absolute atomic E-state index is 5.44. The Bertz CT molecular complexity index is 378. The van der Waals surface area contributed by atoms with Gasteiger partial charge in [-0.05, 0) is 32.0 Å². The highest BCUT2D eigenvalue weighted by Crippen LogP contribution is 2.22. The van der Waals surface area contributed by atoms with Gasteiger partial charge in [0.25, 0.3) is 0 Å². The van der Waals surface area contributed by atoms with Crippen LogP contribution in [0.4, 0.5) is 0 Å². The molecule has 1 aromatic rings. The molecule has 94 valence electrons. The number of hydrogen-bond donors (Lipinski definition) is 1. The molecule has 0 bridgehead atoms. The van der Waals surface area contributed by atoms with Crippen LogP contribution < -0.4 is 10.1 Å². The Morgan fingerprint density at radius 2 is 2.29 bits per heavy atom. The van der Waals surface area contributed by atoms with Crippen molar-refractivity contribution in [3.63, 3.8) is 0 Å². The number of likely N-dealkylation sites (N-methyl/N-ethyl adjacent to an activating group) is 1. The van der Waals surface area contributed by atoms with Crippen LogP contribution in [0.5, 0.6) is 5.75 Å². The van der Waals surface area contributed by atoms with Crippen molar-refractivity contribution in [3.8, 4) is 5.75 Å². The summed E-state index contributed by atoms with van der Waals surface area (Å²) in [6.45, 7) is 5.41. The Labute approximate surface area is 104 Å². The first-order chi connectivity index (χ1) is 8.20. The molecule has 0 saturated carbocycles. The van der Waals surface area contributed by atoms with Crippen molar-refractivity contribution in [2.24, 2.45) is 0 Å². The molecule has 0 radical (unpaired) electrons. The monoisotopic (exact) mass is 234 g/mol. The highest BCUT2D eigenvalue weighted by Gasteiger charge is 2.20. The van der Waals surface area contributed by atoms with Crippen LogP contribution in [0.3, 0.4) is 0 Å². The lowest BCUT2D eigenvalue weighted by Gasteiger charge is -2.33. The maximum Gasteiger partial charge on any atom is 0.122 e. The van der Waals surface area contributed by atoms with E-state index in [1.807, 2.05) is 0 Å². The molecule has 17 heavy (non-hydrogen) atoms. The van der Waals surface area contributed by atoms with E-state index in [2.05, 4.69) is 42.4 Å². The second-order valence-corrected chi connectivity index (χ2v) is 4.86. The van der Waals surface area contributed by atoms with Gasteiger partial charge in [-0.25, -0.2) is 0 Å². The first-order valence-corrected chi connectivity index (χ1v) is 6.25. The average Bonchev–Trinajstić information content (AvgIpc) is 2.32. The van der Waals surface area contributed by atoms with Crippen molar-refractivity contribution in [2.45, 2.75) is 19.4 Å². The normalized spacial score (nSPS) is 21.5. The number of nitrogens with one attached hydrogen (secondary N) is 1. The topological polar surface area (TPSA) is 24.5 Å². The predicted octanol–water partition coefficient (Wildman–Crippen LogP) is 1.45. The number of ether oxygens (including phenoxy) is 1. The molecule has 0 spiro atoms. The van der Waals surface area contributed by atoms with Gasteiger partial charge in [0.15, 0.2) is 0 Å². The largest absolute Gasteiger partial charge is 0.496 e.